The molecule has 0 unspecified atom stereocenters. The number of hydrogen-bond donors (Lipinski definition) is 2. The van der Waals surface area contributed by atoms with Crippen LogP contribution in [-0.2, 0) is 6.18 Å². The summed E-state index contributed by atoms with van der Waals surface area (Å²) in [6.07, 6.45) is -4.99. The summed E-state index contributed by atoms with van der Waals surface area (Å²) < 4.78 is 36.9. The minimum absolute atomic E-state index is 0.0309. The Morgan fingerprint density at radius 3 is 2.71 bits per heavy atom. The number of rotatable bonds is 3. The summed E-state index contributed by atoms with van der Waals surface area (Å²) in [6, 6.07) is 1.36. The Morgan fingerprint density at radius 1 is 1.57 bits per heavy atom. The zero-order valence-electron chi connectivity index (χ0n) is 7.43. The maximum atomic E-state index is 12.3. The van der Waals surface area contributed by atoms with Crippen molar-refractivity contribution in [2.45, 2.75) is 19.2 Å². The highest BCUT2D eigenvalue weighted by atomic mass is 32.1. The molecule has 0 fully saturated rings. The lowest BCUT2D eigenvalue weighted by Gasteiger charge is -2.10. The summed E-state index contributed by atoms with van der Waals surface area (Å²) in [5.41, 5.74) is 0.0309. The van der Waals surface area contributed by atoms with Gasteiger partial charge >= 0.3 is 6.18 Å². The highest BCUT2D eigenvalue weighted by Crippen LogP contribution is 2.38. The van der Waals surface area contributed by atoms with Crippen molar-refractivity contribution in [2.24, 2.45) is 0 Å². The number of alkyl halides is 3. The van der Waals surface area contributed by atoms with Crippen LogP contribution in [0.1, 0.15) is 11.8 Å². The Kier molecular flexibility index (Phi) is 3.38. The van der Waals surface area contributed by atoms with Crippen LogP contribution < -0.4 is 5.32 Å². The van der Waals surface area contributed by atoms with Gasteiger partial charge in [-0.05, 0) is 18.4 Å². The summed E-state index contributed by atoms with van der Waals surface area (Å²) in [5, 5.41) is 12.8. The van der Waals surface area contributed by atoms with Crippen molar-refractivity contribution in [3.8, 4) is 0 Å². The number of thiophene rings is 1. The molecule has 0 amide bonds. The monoisotopic (exact) mass is 225 g/mol. The van der Waals surface area contributed by atoms with Crippen LogP contribution in [0.25, 0.3) is 0 Å². The highest BCUT2D eigenvalue weighted by molar-refractivity contribution is 7.10. The normalized spacial score (nSPS) is 14.1. The summed E-state index contributed by atoms with van der Waals surface area (Å²) >= 11 is 0.639. The molecule has 1 atom stereocenters. The number of hydrogen-bond acceptors (Lipinski definition) is 3. The molecule has 2 nitrogen and oxygen atoms in total. The van der Waals surface area contributed by atoms with E-state index in [1.54, 1.807) is 0 Å². The predicted octanol–water partition coefficient (Wildman–Crippen LogP) is 2.56. The Morgan fingerprint density at radius 2 is 2.21 bits per heavy atom. The average Bonchev–Trinajstić information content (AvgIpc) is 2.46. The van der Waals surface area contributed by atoms with Gasteiger partial charge in [-0.25, -0.2) is 0 Å². The largest absolute Gasteiger partial charge is 0.427 e. The molecule has 0 aliphatic heterocycles. The number of aliphatic hydroxyl groups excluding tert-OH is 1. The van der Waals surface area contributed by atoms with Gasteiger partial charge in [0.2, 0.25) is 0 Å². The molecule has 1 heterocycles. The number of anilines is 1. The fraction of sp³-hybridized carbons (Fsp3) is 0.500. The fourth-order valence-electron chi connectivity index (χ4n) is 0.926. The first-order valence-electron chi connectivity index (χ1n) is 3.98. The molecule has 1 aromatic heterocycles. The SMILES string of the molecule is C[C@@H](O)CNc1ccsc1C(F)(F)F. The van der Waals surface area contributed by atoms with Gasteiger partial charge in [-0.15, -0.1) is 11.3 Å². The quantitative estimate of drug-likeness (QED) is 0.828. The number of nitrogens with one attached hydrogen (secondary N) is 1. The van der Waals surface area contributed by atoms with Crippen LogP contribution >= 0.6 is 11.3 Å². The van der Waals surface area contributed by atoms with E-state index in [9.17, 15) is 13.2 Å². The molecule has 0 bridgehead atoms. The van der Waals surface area contributed by atoms with E-state index in [2.05, 4.69) is 5.32 Å². The molecule has 0 aliphatic rings. The topological polar surface area (TPSA) is 32.3 Å². The first-order valence-corrected chi connectivity index (χ1v) is 4.86. The first kappa shape index (κ1) is 11.3. The van der Waals surface area contributed by atoms with Gasteiger partial charge in [0, 0.05) is 6.54 Å². The van der Waals surface area contributed by atoms with Gasteiger partial charge < -0.3 is 10.4 Å². The molecule has 80 valence electrons. The molecular weight excluding hydrogens is 215 g/mol. The van der Waals surface area contributed by atoms with Crippen LogP contribution in [0.3, 0.4) is 0 Å². The van der Waals surface area contributed by atoms with Gasteiger partial charge in [-0.2, -0.15) is 13.2 Å². The van der Waals surface area contributed by atoms with Crippen molar-refractivity contribution in [1.29, 1.82) is 0 Å². The summed E-state index contributed by atoms with van der Waals surface area (Å²) in [5.74, 6) is 0. The van der Waals surface area contributed by atoms with Crippen LogP contribution in [0, 0.1) is 0 Å². The van der Waals surface area contributed by atoms with Crippen LogP contribution in [0.4, 0.5) is 18.9 Å². The van der Waals surface area contributed by atoms with E-state index < -0.39 is 17.2 Å². The van der Waals surface area contributed by atoms with E-state index in [0.29, 0.717) is 11.3 Å². The van der Waals surface area contributed by atoms with Crippen LogP contribution in [0.15, 0.2) is 11.4 Å². The summed E-state index contributed by atoms with van der Waals surface area (Å²) in [4.78, 5) is -0.654. The number of aliphatic hydroxyl groups is 1. The zero-order valence-corrected chi connectivity index (χ0v) is 8.25. The summed E-state index contributed by atoms with van der Waals surface area (Å²) in [6.45, 7) is 1.62. The van der Waals surface area contributed by atoms with E-state index in [4.69, 9.17) is 5.11 Å². The lowest BCUT2D eigenvalue weighted by molar-refractivity contribution is -0.133. The van der Waals surface area contributed by atoms with Gasteiger partial charge in [0.15, 0.2) is 0 Å². The van der Waals surface area contributed by atoms with Crippen molar-refractivity contribution < 1.29 is 18.3 Å². The molecule has 0 radical (unpaired) electrons. The first-order chi connectivity index (χ1) is 6.41. The molecule has 0 aromatic carbocycles. The van der Waals surface area contributed by atoms with Crippen LogP contribution in [0.5, 0.6) is 0 Å². The lowest BCUT2D eigenvalue weighted by atomic mass is 10.3. The van der Waals surface area contributed by atoms with Gasteiger partial charge in [-0.3, -0.25) is 0 Å². The van der Waals surface area contributed by atoms with E-state index in [0.717, 1.165) is 0 Å². The second kappa shape index (κ2) is 4.18. The minimum Gasteiger partial charge on any atom is -0.392 e. The van der Waals surface area contributed by atoms with Crippen molar-refractivity contribution in [2.75, 3.05) is 11.9 Å². The second-order valence-electron chi connectivity index (χ2n) is 2.89. The van der Waals surface area contributed by atoms with E-state index in [1.165, 1.54) is 18.4 Å². The maximum absolute atomic E-state index is 12.3. The molecular formula is C8H10F3NOS. The van der Waals surface area contributed by atoms with Crippen molar-refractivity contribution >= 4 is 17.0 Å². The lowest BCUT2D eigenvalue weighted by Crippen LogP contribution is -2.17. The standard InChI is InChI=1S/C8H10F3NOS/c1-5(13)4-12-6-2-3-14-7(6)8(9,10)11/h2-3,5,12-13H,4H2,1H3/t5-/m1/s1. The van der Waals surface area contributed by atoms with Crippen molar-refractivity contribution in [3.05, 3.63) is 16.3 Å². The molecule has 1 aromatic rings. The average molecular weight is 225 g/mol. The molecule has 0 spiro atoms. The van der Waals surface area contributed by atoms with Crippen molar-refractivity contribution in [3.63, 3.8) is 0 Å². The Bertz CT molecular complexity index is 295. The van der Waals surface area contributed by atoms with E-state index in [1.807, 2.05) is 0 Å². The number of halogens is 3. The molecule has 1 rings (SSSR count). The molecule has 6 heteroatoms. The predicted molar refractivity (Wildman–Crippen MR) is 49.5 cm³/mol. The Balaban J connectivity index is 2.73. The smallest absolute Gasteiger partial charge is 0.392 e. The zero-order chi connectivity index (χ0) is 10.8. The third kappa shape index (κ3) is 2.88. The van der Waals surface area contributed by atoms with Gasteiger partial charge in [0.1, 0.15) is 4.88 Å². The second-order valence-corrected chi connectivity index (χ2v) is 3.81. The maximum Gasteiger partial charge on any atom is 0.427 e. The van der Waals surface area contributed by atoms with Crippen LogP contribution in [-0.4, -0.2) is 17.8 Å². The molecule has 0 saturated carbocycles. The fourth-order valence-corrected chi connectivity index (χ4v) is 1.67. The van der Waals surface area contributed by atoms with Gasteiger partial charge in [0.05, 0.1) is 11.8 Å². The third-order valence-electron chi connectivity index (χ3n) is 1.51. The van der Waals surface area contributed by atoms with Crippen molar-refractivity contribution in [1.82, 2.24) is 0 Å². The van der Waals surface area contributed by atoms with E-state index >= 15 is 0 Å². The molecule has 14 heavy (non-hydrogen) atoms. The van der Waals surface area contributed by atoms with Gasteiger partial charge in [-0.1, -0.05) is 0 Å². The van der Waals surface area contributed by atoms with E-state index in [-0.39, 0.29) is 12.2 Å². The minimum atomic E-state index is -4.32. The third-order valence-corrected chi connectivity index (χ3v) is 2.47. The Hall–Kier alpha value is -0.750. The van der Waals surface area contributed by atoms with Crippen LogP contribution in [0.2, 0.25) is 0 Å². The molecule has 0 saturated heterocycles. The molecule has 0 aliphatic carbocycles. The van der Waals surface area contributed by atoms with Gasteiger partial charge in [0.25, 0.3) is 0 Å². The molecule has 2 N–H and O–H groups in total. The summed E-state index contributed by atoms with van der Waals surface area (Å²) in [7, 11) is 0. The highest BCUT2D eigenvalue weighted by Gasteiger charge is 2.34. The Labute approximate surface area is 83.4 Å².